The van der Waals surface area contributed by atoms with E-state index in [1.165, 1.54) is 4.90 Å². The van der Waals surface area contributed by atoms with Crippen LogP contribution in [0, 0.1) is 25.2 Å². The summed E-state index contributed by atoms with van der Waals surface area (Å²) >= 11 is 0. The Balaban J connectivity index is 3.24. The molecule has 0 spiro atoms. The molecule has 0 aliphatic rings. The molecule has 1 aromatic rings. The lowest BCUT2D eigenvalue weighted by molar-refractivity contribution is 0.222. The minimum atomic E-state index is -0.211. The van der Waals surface area contributed by atoms with E-state index in [-0.39, 0.29) is 17.9 Å². The summed E-state index contributed by atoms with van der Waals surface area (Å²) in [6.45, 7) is 11.2. The Hall–Kier alpha value is -2.04. The van der Waals surface area contributed by atoms with Crippen LogP contribution >= 0.6 is 0 Å². The molecule has 0 heterocycles. The van der Waals surface area contributed by atoms with E-state index in [4.69, 9.17) is 11.1 Å². The minimum Gasteiger partial charge on any atom is -0.370 e. The van der Waals surface area contributed by atoms with Gasteiger partial charge in [-0.1, -0.05) is 45.4 Å². The van der Waals surface area contributed by atoms with Crippen LogP contribution in [0.3, 0.4) is 0 Å². The number of para-hydroxylation sites is 1. The number of urea groups is 1. The molecule has 3 N–H and O–H groups in total. The number of aryl methyl sites for hydroxylation is 2. The number of nitrogens with zero attached hydrogens (tertiary/aromatic N) is 2. The number of nitrogens with two attached hydrogens (primary N) is 1. The van der Waals surface area contributed by atoms with Crippen molar-refractivity contribution in [2.24, 2.45) is 11.7 Å². The summed E-state index contributed by atoms with van der Waals surface area (Å²) in [5.74, 6) is 0.0466. The van der Waals surface area contributed by atoms with Gasteiger partial charge in [0, 0.05) is 13.1 Å². The number of carbonyl (C=O) groups is 1. The average molecular weight is 318 g/mol. The number of hydrogen-bond acceptors (Lipinski definition) is 2. The van der Waals surface area contributed by atoms with Crippen molar-refractivity contribution in [3.8, 4) is 0 Å². The van der Waals surface area contributed by atoms with Gasteiger partial charge in [0.1, 0.15) is 0 Å². The van der Waals surface area contributed by atoms with Gasteiger partial charge in [0.15, 0.2) is 5.96 Å². The quantitative estimate of drug-likeness (QED) is 0.617. The highest BCUT2D eigenvalue weighted by Crippen LogP contribution is 2.26. The number of nitrogens with one attached hydrogen (secondary N) is 1. The fraction of sp³-hybridized carbons (Fsp3) is 0.556. The Morgan fingerprint density at radius 3 is 2.26 bits per heavy atom. The number of carbonyl (C=O) groups excluding carboxylic acids is 1. The van der Waals surface area contributed by atoms with Gasteiger partial charge >= 0.3 is 6.03 Å². The molecule has 0 bridgehead atoms. The van der Waals surface area contributed by atoms with Crippen molar-refractivity contribution in [2.45, 2.75) is 47.5 Å². The van der Waals surface area contributed by atoms with Crippen LogP contribution in [0.1, 0.15) is 44.7 Å². The maximum atomic E-state index is 13.1. The number of anilines is 1. The van der Waals surface area contributed by atoms with Crippen molar-refractivity contribution in [1.82, 2.24) is 4.90 Å². The summed E-state index contributed by atoms with van der Waals surface area (Å²) in [4.78, 5) is 16.2. The molecule has 2 amide bonds. The lowest BCUT2D eigenvalue weighted by atomic mass is 10.1. The van der Waals surface area contributed by atoms with E-state index in [2.05, 4.69) is 6.92 Å². The molecule has 0 aromatic heterocycles. The maximum Gasteiger partial charge on any atom is 0.331 e. The van der Waals surface area contributed by atoms with Crippen LogP contribution in [0.4, 0.5) is 10.5 Å². The second-order valence-corrected chi connectivity index (χ2v) is 6.42. The predicted molar refractivity (Wildman–Crippen MR) is 97.0 cm³/mol. The van der Waals surface area contributed by atoms with Gasteiger partial charge in [-0.25, -0.2) is 4.79 Å². The Bertz CT molecular complexity index is 534. The molecule has 0 aliphatic carbocycles. The fourth-order valence-corrected chi connectivity index (χ4v) is 2.64. The molecule has 5 heteroatoms. The summed E-state index contributed by atoms with van der Waals surface area (Å²) in [6, 6.07) is 5.80. The Morgan fingerprint density at radius 1 is 1.26 bits per heavy atom. The number of unbranched alkanes of at least 4 members (excludes halogenated alkanes) is 1. The monoisotopic (exact) mass is 318 g/mol. The normalized spacial score (nSPS) is 10.7. The van der Waals surface area contributed by atoms with Gasteiger partial charge in [-0.15, -0.1) is 0 Å². The molecule has 0 atom stereocenters. The minimum absolute atomic E-state index is 0.198. The topological polar surface area (TPSA) is 73.4 Å². The zero-order valence-corrected chi connectivity index (χ0v) is 15.0. The van der Waals surface area contributed by atoms with Crippen LogP contribution in [0.5, 0.6) is 0 Å². The standard InChI is InChI=1S/C18H30N4O/c1-6-7-11-21(16-14(4)9-8-10-15(16)5)18(23)22(17(19)20)12-13(2)3/h8-10,13H,6-7,11-12H2,1-5H3,(H3,19,20). The van der Waals surface area contributed by atoms with Gasteiger partial charge < -0.3 is 5.73 Å². The lowest BCUT2D eigenvalue weighted by Crippen LogP contribution is -2.51. The van der Waals surface area contributed by atoms with Crippen molar-refractivity contribution in [3.63, 3.8) is 0 Å². The number of benzene rings is 1. The first-order chi connectivity index (χ1) is 10.8. The number of guanidine groups is 1. The van der Waals surface area contributed by atoms with Crippen molar-refractivity contribution in [3.05, 3.63) is 29.3 Å². The first-order valence-corrected chi connectivity index (χ1v) is 8.28. The molecule has 0 radical (unpaired) electrons. The third kappa shape index (κ3) is 4.98. The third-order valence-corrected chi connectivity index (χ3v) is 3.75. The van der Waals surface area contributed by atoms with Crippen molar-refractivity contribution < 1.29 is 4.79 Å². The van der Waals surface area contributed by atoms with Crippen molar-refractivity contribution in [1.29, 1.82) is 5.41 Å². The SMILES string of the molecule is CCCCN(C(=O)N(CC(C)C)C(=N)N)c1c(C)cccc1C. The lowest BCUT2D eigenvalue weighted by Gasteiger charge is -2.32. The Kier molecular flexibility index (Phi) is 7.07. The predicted octanol–water partition coefficient (Wildman–Crippen LogP) is 3.88. The van der Waals surface area contributed by atoms with Crippen molar-refractivity contribution in [2.75, 3.05) is 18.0 Å². The highest BCUT2D eigenvalue weighted by molar-refractivity contribution is 6.03. The van der Waals surface area contributed by atoms with Gasteiger partial charge in [0.05, 0.1) is 5.69 Å². The molecule has 23 heavy (non-hydrogen) atoms. The Morgan fingerprint density at radius 2 is 1.83 bits per heavy atom. The molecule has 1 rings (SSSR count). The van der Waals surface area contributed by atoms with E-state index in [1.54, 1.807) is 4.90 Å². The Labute approximate surface area is 140 Å². The van der Waals surface area contributed by atoms with Gasteiger partial charge in [-0.05, 0) is 37.3 Å². The highest BCUT2D eigenvalue weighted by Gasteiger charge is 2.26. The van der Waals surface area contributed by atoms with Crippen LogP contribution in [0.15, 0.2) is 18.2 Å². The maximum absolute atomic E-state index is 13.1. The largest absolute Gasteiger partial charge is 0.370 e. The molecule has 0 unspecified atom stereocenters. The van der Waals surface area contributed by atoms with Crippen LogP contribution in [0.25, 0.3) is 0 Å². The summed E-state index contributed by atoms with van der Waals surface area (Å²) < 4.78 is 0. The van der Waals surface area contributed by atoms with E-state index >= 15 is 0 Å². The van der Waals surface area contributed by atoms with E-state index < -0.39 is 0 Å². The first kappa shape index (κ1) is 19.0. The molecular weight excluding hydrogens is 288 g/mol. The molecule has 1 aromatic carbocycles. The zero-order valence-electron chi connectivity index (χ0n) is 15.0. The third-order valence-electron chi connectivity index (χ3n) is 3.75. The van der Waals surface area contributed by atoms with Gasteiger partial charge in [-0.2, -0.15) is 0 Å². The van der Waals surface area contributed by atoms with Crippen molar-refractivity contribution >= 4 is 17.7 Å². The van der Waals surface area contributed by atoms with Crippen LogP contribution in [-0.2, 0) is 0 Å². The second-order valence-electron chi connectivity index (χ2n) is 6.42. The van der Waals surface area contributed by atoms with Gasteiger partial charge in [0.25, 0.3) is 0 Å². The van der Waals surface area contributed by atoms with Crippen LogP contribution in [0.2, 0.25) is 0 Å². The summed E-state index contributed by atoms with van der Waals surface area (Å²) in [6.07, 6.45) is 1.91. The number of amides is 2. The zero-order chi connectivity index (χ0) is 17.6. The van der Waals surface area contributed by atoms with Gasteiger partial charge in [0.2, 0.25) is 0 Å². The van der Waals surface area contributed by atoms with Crippen LogP contribution in [-0.4, -0.2) is 30.0 Å². The van der Waals surface area contributed by atoms with Gasteiger partial charge in [-0.3, -0.25) is 15.2 Å². The molecular formula is C18H30N4O. The molecule has 5 nitrogen and oxygen atoms in total. The molecule has 0 aliphatic heterocycles. The van der Waals surface area contributed by atoms with E-state index in [0.717, 1.165) is 29.7 Å². The second kappa shape index (κ2) is 8.56. The summed E-state index contributed by atoms with van der Waals surface area (Å²) in [5, 5.41) is 7.77. The fourth-order valence-electron chi connectivity index (χ4n) is 2.64. The summed E-state index contributed by atoms with van der Waals surface area (Å²) in [5.41, 5.74) is 8.72. The number of rotatable bonds is 6. The van der Waals surface area contributed by atoms with E-state index in [9.17, 15) is 4.79 Å². The molecule has 128 valence electrons. The van der Waals surface area contributed by atoms with E-state index in [1.807, 2.05) is 45.9 Å². The molecule has 0 saturated heterocycles. The smallest absolute Gasteiger partial charge is 0.331 e. The van der Waals surface area contributed by atoms with Crippen LogP contribution < -0.4 is 10.6 Å². The highest BCUT2D eigenvalue weighted by atomic mass is 16.2. The summed E-state index contributed by atoms with van der Waals surface area (Å²) in [7, 11) is 0. The first-order valence-electron chi connectivity index (χ1n) is 8.28. The average Bonchev–Trinajstić information content (AvgIpc) is 2.46. The van der Waals surface area contributed by atoms with E-state index in [0.29, 0.717) is 13.1 Å². The molecule has 0 saturated carbocycles. The molecule has 0 fully saturated rings. The number of hydrogen-bond donors (Lipinski definition) is 2.